The van der Waals surface area contributed by atoms with E-state index >= 15 is 0 Å². The summed E-state index contributed by atoms with van der Waals surface area (Å²) in [5, 5.41) is 0. The lowest BCUT2D eigenvalue weighted by molar-refractivity contribution is 1.09. The summed E-state index contributed by atoms with van der Waals surface area (Å²) < 4.78 is 0. The molecule has 0 unspecified atom stereocenters. The molecule has 0 fully saturated rings. The first-order valence-electron chi connectivity index (χ1n) is 5.55. The van der Waals surface area contributed by atoms with Gasteiger partial charge in [0.2, 0.25) is 0 Å². The van der Waals surface area contributed by atoms with Crippen LogP contribution in [0.15, 0.2) is 37.0 Å². The third kappa shape index (κ3) is 238. The van der Waals surface area contributed by atoms with Crippen molar-refractivity contribution < 1.29 is 0 Å². The first-order chi connectivity index (χ1) is 6.74. The van der Waals surface area contributed by atoms with E-state index in [0.717, 1.165) is 0 Å². The monoisotopic (exact) mass is 198 g/mol. The third-order valence-corrected chi connectivity index (χ3v) is 0.496. The lowest BCUT2D eigenvalue weighted by Crippen LogP contribution is -1.40. The predicted molar refractivity (Wildman–Crippen MR) is 72.8 cm³/mol. The summed E-state index contributed by atoms with van der Waals surface area (Å²) in [6, 6.07) is 0. The van der Waals surface area contributed by atoms with E-state index in [9.17, 15) is 0 Å². The van der Waals surface area contributed by atoms with E-state index in [4.69, 9.17) is 0 Å². The van der Waals surface area contributed by atoms with Crippen LogP contribution >= 0.6 is 0 Å². The highest BCUT2D eigenvalue weighted by Crippen LogP contribution is 1.71. The van der Waals surface area contributed by atoms with Gasteiger partial charge in [0.1, 0.15) is 0 Å². The molecule has 0 aromatic heterocycles. The minimum Gasteiger partial charge on any atom is -0.103 e. The molecule has 0 aromatic carbocycles. The van der Waals surface area contributed by atoms with E-state index in [1.165, 1.54) is 6.42 Å². The normalized spacial score (nSPS) is 7.64. The smallest absolute Gasteiger partial charge is 0.0467 e. The molecule has 0 aliphatic rings. The van der Waals surface area contributed by atoms with E-state index < -0.39 is 0 Å². The Kier molecular flexibility index (Phi) is 93.6. The van der Waals surface area contributed by atoms with Crippen LogP contribution in [-0.2, 0) is 0 Å². The highest BCUT2D eigenvalue weighted by Gasteiger charge is 1.48. The summed E-state index contributed by atoms with van der Waals surface area (Å²) in [6.07, 6.45) is 11.0. The number of hydrogen-bond acceptors (Lipinski definition) is 0. The molecular weight excluding hydrogens is 168 g/mol. The van der Waals surface area contributed by atoms with Gasteiger partial charge in [0.15, 0.2) is 0 Å². The Balaban J connectivity index is -0.0000000536. The van der Waals surface area contributed by atoms with Crippen molar-refractivity contribution in [3.8, 4) is 0 Å². The molecule has 0 N–H and O–H groups in total. The van der Waals surface area contributed by atoms with Gasteiger partial charge in [-0.2, -0.15) is 0 Å². The van der Waals surface area contributed by atoms with Crippen LogP contribution in [0.3, 0.4) is 0 Å². The van der Waals surface area contributed by atoms with Crippen LogP contribution in [0.25, 0.3) is 0 Å². The van der Waals surface area contributed by atoms with Gasteiger partial charge in [0.25, 0.3) is 0 Å². The first kappa shape index (κ1) is 23.2. The Bertz CT molecular complexity index is 86.6. The molecule has 0 rings (SSSR count). The second kappa shape index (κ2) is 56.5. The van der Waals surface area contributed by atoms with Crippen LogP contribution < -0.4 is 0 Å². The van der Waals surface area contributed by atoms with Crippen LogP contribution in [0.1, 0.15) is 54.9 Å². The largest absolute Gasteiger partial charge is 0.103 e. The van der Waals surface area contributed by atoms with Crippen molar-refractivity contribution >= 4 is 0 Å². The first-order valence-corrected chi connectivity index (χ1v) is 5.55. The van der Waals surface area contributed by atoms with Crippen molar-refractivity contribution in [1.29, 1.82) is 0 Å². The molecule has 0 spiro atoms. The fraction of sp³-hybridized carbons (Fsp3) is 0.571. The van der Waals surface area contributed by atoms with Gasteiger partial charge >= 0.3 is 0 Å². The van der Waals surface area contributed by atoms with Crippen molar-refractivity contribution in [3.05, 3.63) is 37.0 Å². The van der Waals surface area contributed by atoms with E-state index in [0.29, 0.717) is 0 Å². The summed E-state index contributed by atoms with van der Waals surface area (Å²) in [6.45, 7) is 17.5. The fourth-order valence-corrected chi connectivity index (χ4v) is 0.222. The molecule has 0 aliphatic heterocycles. The average Bonchev–Trinajstić information content (AvgIpc) is 2.20. The van der Waals surface area contributed by atoms with Gasteiger partial charge in [-0.25, -0.2) is 0 Å². The maximum Gasteiger partial charge on any atom is -0.0467 e. The molecule has 0 heterocycles. The van der Waals surface area contributed by atoms with E-state index in [2.05, 4.69) is 20.4 Å². The predicted octanol–water partition coefficient (Wildman–Crippen LogP) is 5.77. The van der Waals surface area contributed by atoms with Crippen molar-refractivity contribution in [2.24, 2.45) is 0 Å². The van der Waals surface area contributed by atoms with E-state index in [-0.39, 0.29) is 0 Å². The van der Waals surface area contributed by atoms with Crippen molar-refractivity contribution in [1.82, 2.24) is 0 Å². The van der Waals surface area contributed by atoms with E-state index in [1.54, 1.807) is 6.08 Å². The quantitative estimate of drug-likeness (QED) is 0.370. The van der Waals surface area contributed by atoms with Gasteiger partial charge in [-0.3, -0.25) is 0 Å². The maximum absolute atomic E-state index is 3.36. The summed E-state index contributed by atoms with van der Waals surface area (Å²) in [5.74, 6) is 0. The molecule has 0 aliphatic carbocycles. The molecule has 0 amide bonds. The SMILES string of the molecule is C/C=C\C=C/C.C=CC.CC.CCC. The highest BCUT2D eigenvalue weighted by atomic mass is 13.6. The number of allylic oxidation sites excluding steroid dienone is 5. The van der Waals surface area contributed by atoms with Crippen molar-refractivity contribution in [2.75, 3.05) is 0 Å². The standard InChI is InChI=1S/C6H10.C3H8.C3H6.C2H6/c1-3-5-6-4-2;2*1-3-2;1-2/h3-6H,1-2H3;3H2,1-2H3;3H,1H2,2H3;1-2H3/b5-3-,6-4-;;;. The summed E-state index contributed by atoms with van der Waals surface area (Å²) in [4.78, 5) is 0. The Morgan fingerprint density at radius 2 is 1.00 bits per heavy atom. The van der Waals surface area contributed by atoms with Crippen LogP contribution in [0.2, 0.25) is 0 Å². The number of hydrogen-bond donors (Lipinski definition) is 0. The van der Waals surface area contributed by atoms with Crippen LogP contribution in [-0.4, -0.2) is 0 Å². The third-order valence-electron chi connectivity index (χ3n) is 0.496. The Labute approximate surface area is 92.4 Å². The summed E-state index contributed by atoms with van der Waals surface area (Å²) in [7, 11) is 0. The minimum absolute atomic E-state index is 1.25. The molecule has 14 heavy (non-hydrogen) atoms. The molecular formula is C14H30. The van der Waals surface area contributed by atoms with Crippen LogP contribution in [0.4, 0.5) is 0 Å². The molecule has 0 aromatic rings. The highest BCUT2D eigenvalue weighted by molar-refractivity contribution is 4.98. The van der Waals surface area contributed by atoms with Gasteiger partial charge in [-0.15, -0.1) is 6.58 Å². The van der Waals surface area contributed by atoms with Crippen LogP contribution in [0.5, 0.6) is 0 Å². The van der Waals surface area contributed by atoms with Gasteiger partial charge < -0.3 is 0 Å². The van der Waals surface area contributed by atoms with E-state index in [1.807, 2.05) is 58.9 Å². The van der Waals surface area contributed by atoms with Crippen LogP contribution in [0, 0.1) is 0 Å². The summed E-state index contributed by atoms with van der Waals surface area (Å²) in [5.41, 5.74) is 0. The van der Waals surface area contributed by atoms with Gasteiger partial charge in [-0.05, 0) is 20.8 Å². The molecule has 86 valence electrons. The van der Waals surface area contributed by atoms with Gasteiger partial charge in [0.05, 0.1) is 0 Å². The molecule has 0 saturated heterocycles. The van der Waals surface area contributed by atoms with Crippen molar-refractivity contribution in [2.45, 2.75) is 54.9 Å². The summed E-state index contributed by atoms with van der Waals surface area (Å²) >= 11 is 0. The molecule has 0 radical (unpaired) electrons. The van der Waals surface area contributed by atoms with Gasteiger partial charge in [0, 0.05) is 0 Å². The Morgan fingerprint density at radius 3 is 1.07 bits per heavy atom. The lowest BCUT2D eigenvalue weighted by Gasteiger charge is -1.62. The molecule has 0 saturated carbocycles. The zero-order valence-electron chi connectivity index (χ0n) is 11.3. The van der Waals surface area contributed by atoms with Gasteiger partial charge in [-0.1, -0.05) is 64.5 Å². The topological polar surface area (TPSA) is 0 Å². The maximum atomic E-state index is 3.36. The molecule has 0 heteroatoms. The second-order valence-corrected chi connectivity index (χ2v) is 2.17. The lowest BCUT2D eigenvalue weighted by atomic mass is 10.5. The molecule has 0 atom stereocenters. The fourth-order valence-electron chi connectivity index (χ4n) is 0.222. The Hall–Kier alpha value is -0.780. The molecule has 0 bridgehead atoms. The minimum atomic E-state index is 1.25. The van der Waals surface area contributed by atoms with Crippen molar-refractivity contribution in [3.63, 3.8) is 0 Å². The average molecular weight is 198 g/mol. The Morgan fingerprint density at radius 1 is 0.857 bits per heavy atom. The number of rotatable bonds is 1. The second-order valence-electron chi connectivity index (χ2n) is 2.17. The molecule has 0 nitrogen and oxygen atoms in total. The zero-order valence-corrected chi connectivity index (χ0v) is 11.3. The zero-order chi connectivity index (χ0) is 12.2.